The Balaban J connectivity index is 1.47. The van der Waals surface area contributed by atoms with E-state index in [-0.39, 0.29) is 11.9 Å². The molecular formula is C31H27FNO2+. The zero-order chi connectivity index (χ0) is 23.7. The molecule has 35 heavy (non-hydrogen) atoms. The fourth-order valence-electron chi connectivity index (χ4n) is 6.21. The molecule has 5 aromatic rings. The van der Waals surface area contributed by atoms with Crippen LogP contribution >= 0.6 is 0 Å². The second kappa shape index (κ2) is 7.67. The monoisotopic (exact) mass is 464 g/mol. The maximum Gasteiger partial charge on any atom is 0.216 e. The van der Waals surface area contributed by atoms with Crippen molar-refractivity contribution >= 4 is 21.9 Å². The molecule has 3 aromatic carbocycles. The lowest BCUT2D eigenvalue weighted by molar-refractivity contribution is -0.660. The molecule has 0 saturated heterocycles. The highest BCUT2D eigenvalue weighted by Gasteiger charge is 2.36. The lowest BCUT2D eigenvalue weighted by atomic mass is 9.82. The molecule has 1 fully saturated rings. The molecule has 1 saturated carbocycles. The van der Waals surface area contributed by atoms with Crippen LogP contribution in [0.1, 0.15) is 42.7 Å². The van der Waals surface area contributed by atoms with Crippen LogP contribution in [0.25, 0.3) is 44.3 Å². The number of hydrogen-bond donors (Lipinski definition) is 0. The van der Waals surface area contributed by atoms with Crippen molar-refractivity contribution in [2.75, 3.05) is 0 Å². The van der Waals surface area contributed by atoms with E-state index in [9.17, 15) is 0 Å². The van der Waals surface area contributed by atoms with Crippen molar-refractivity contribution in [2.45, 2.75) is 44.6 Å². The number of ether oxygens (including phenoxy) is 1. The Hall–Kier alpha value is -3.66. The Morgan fingerprint density at radius 1 is 0.886 bits per heavy atom. The van der Waals surface area contributed by atoms with E-state index >= 15 is 4.39 Å². The van der Waals surface area contributed by atoms with Gasteiger partial charge in [0.05, 0.1) is 11.1 Å². The molecule has 3 heterocycles. The Morgan fingerprint density at radius 3 is 2.54 bits per heavy atom. The molecule has 2 aromatic heterocycles. The van der Waals surface area contributed by atoms with Crippen LogP contribution < -0.4 is 9.30 Å². The summed E-state index contributed by atoms with van der Waals surface area (Å²) in [5.74, 6) is 1.10. The van der Waals surface area contributed by atoms with Crippen molar-refractivity contribution in [1.82, 2.24) is 0 Å². The molecule has 0 bridgehead atoms. The molecule has 0 amide bonds. The summed E-state index contributed by atoms with van der Waals surface area (Å²) in [5, 5.41) is 1.94. The van der Waals surface area contributed by atoms with Gasteiger partial charge in [0.25, 0.3) is 0 Å². The molecule has 2 atom stereocenters. The predicted molar refractivity (Wildman–Crippen MR) is 136 cm³/mol. The number of aryl methyl sites for hydroxylation is 2. The second-order valence-corrected chi connectivity index (χ2v) is 10.0. The third-order valence-corrected chi connectivity index (χ3v) is 7.96. The van der Waals surface area contributed by atoms with Crippen molar-refractivity contribution in [1.29, 1.82) is 0 Å². The highest BCUT2D eigenvalue weighted by Crippen LogP contribution is 2.48. The first-order valence-electron chi connectivity index (χ1n) is 12.5. The van der Waals surface area contributed by atoms with Crippen molar-refractivity contribution in [3.8, 4) is 28.1 Å². The fraction of sp³-hybridized carbons (Fsp3) is 0.258. The zero-order valence-electron chi connectivity index (χ0n) is 20.0. The fourth-order valence-corrected chi connectivity index (χ4v) is 6.21. The molecule has 0 radical (unpaired) electrons. The van der Waals surface area contributed by atoms with E-state index < -0.39 is 0 Å². The Labute approximate surface area is 203 Å². The van der Waals surface area contributed by atoms with Gasteiger partial charge >= 0.3 is 0 Å². The highest BCUT2D eigenvalue weighted by molar-refractivity contribution is 6.13. The lowest BCUT2D eigenvalue weighted by Gasteiger charge is -2.23. The highest BCUT2D eigenvalue weighted by atomic mass is 19.1. The molecule has 2 aliphatic rings. The number of rotatable bonds is 2. The van der Waals surface area contributed by atoms with Crippen LogP contribution in [0, 0.1) is 12.7 Å². The van der Waals surface area contributed by atoms with Gasteiger partial charge in [-0.3, -0.25) is 0 Å². The number of pyridine rings is 1. The number of hydrogen-bond acceptors (Lipinski definition) is 2. The summed E-state index contributed by atoms with van der Waals surface area (Å²) in [7, 11) is 2.03. The van der Waals surface area contributed by atoms with E-state index in [1.54, 1.807) is 6.07 Å². The molecule has 1 aliphatic heterocycles. The summed E-state index contributed by atoms with van der Waals surface area (Å²) in [5.41, 5.74) is 7.22. The minimum Gasteiger partial charge on any atom is -0.489 e. The lowest BCUT2D eigenvalue weighted by Crippen LogP contribution is -2.30. The van der Waals surface area contributed by atoms with Crippen LogP contribution in [0.3, 0.4) is 0 Å². The van der Waals surface area contributed by atoms with Gasteiger partial charge < -0.3 is 9.15 Å². The van der Waals surface area contributed by atoms with Gasteiger partial charge in [0.15, 0.2) is 6.20 Å². The minimum atomic E-state index is -0.265. The smallest absolute Gasteiger partial charge is 0.216 e. The van der Waals surface area contributed by atoms with E-state index in [1.807, 2.05) is 43.6 Å². The first-order chi connectivity index (χ1) is 17.1. The van der Waals surface area contributed by atoms with Crippen molar-refractivity contribution in [2.24, 2.45) is 7.05 Å². The standard InChI is InChI=1S/C31H27FNO2/c1-18-10-12-21-22-13-14-24(32)29(31(22)35-30(21)28(18)25-8-5-6-16-33(25)2)19-11-15-27-23(17-19)20-7-3-4-9-26(20)34-27/h5-6,8,10-17,20,26H,3-4,7,9H2,1-2H3/q+1. The summed E-state index contributed by atoms with van der Waals surface area (Å²) in [6, 6.07) is 19.9. The molecule has 3 nitrogen and oxygen atoms in total. The van der Waals surface area contributed by atoms with Crippen LogP contribution in [0.4, 0.5) is 4.39 Å². The number of halogens is 1. The van der Waals surface area contributed by atoms with Crippen molar-refractivity contribution < 1.29 is 18.1 Å². The third kappa shape index (κ3) is 3.05. The third-order valence-electron chi connectivity index (χ3n) is 7.96. The van der Waals surface area contributed by atoms with E-state index in [0.717, 1.165) is 57.3 Å². The van der Waals surface area contributed by atoms with Crippen molar-refractivity contribution in [3.63, 3.8) is 0 Å². The quantitative estimate of drug-likeness (QED) is 0.251. The topological polar surface area (TPSA) is 26.2 Å². The van der Waals surface area contributed by atoms with Gasteiger partial charge in [0.1, 0.15) is 35.9 Å². The Bertz CT molecular complexity index is 1630. The maximum absolute atomic E-state index is 15.5. The molecule has 0 spiro atoms. The van der Waals surface area contributed by atoms with E-state index in [4.69, 9.17) is 9.15 Å². The largest absolute Gasteiger partial charge is 0.489 e. The number of fused-ring (bicyclic) bond motifs is 6. The van der Waals surface area contributed by atoms with Gasteiger partial charge in [-0.25, -0.2) is 8.96 Å². The molecule has 1 aliphatic carbocycles. The van der Waals surface area contributed by atoms with Crippen molar-refractivity contribution in [3.05, 3.63) is 83.8 Å². The van der Waals surface area contributed by atoms with E-state index in [0.29, 0.717) is 17.1 Å². The Kier molecular flexibility index (Phi) is 4.54. The summed E-state index contributed by atoms with van der Waals surface area (Å²) >= 11 is 0. The number of nitrogens with zero attached hydrogens (tertiary/aromatic N) is 1. The summed E-state index contributed by atoms with van der Waals surface area (Å²) in [4.78, 5) is 0. The van der Waals surface area contributed by atoms with Gasteiger partial charge in [0.2, 0.25) is 5.69 Å². The SMILES string of the molecule is Cc1ccc2c(oc3c(-c4ccc5c(c4)C4CCCCC4O5)c(F)ccc32)c1-c1cccc[n+]1C. The average Bonchev–Trinajstić information content (AvgIpc) is 3.42. The molecule has 4 heteroatoms. The summed E-state index contributed by atoms with van der Waals surface area (Å²) < 4.78 is 30.4. The summed E-state index contributed by atoms with van der Waals surface area (Å²) in [6.45, 7) is 2.09. The van der Waals surface area contributed by atoms with Gasteiger partial charge in [-0.2, -0.15) is 0 Å². The molecule has 174 valence electrons. The molecular weight excluding hydrogens is 437 g/mol. The molecule has 2 unspecified atom stereocenters. The van der Waals surface area contributed by atoms with Gasteiger partial charge in [-0.15, -0.1) is 0 Å². The van der Waals surface area contributed by atoms with Gasteiger partial charge in [0, 0.05) is 34.4 Å². The van der Waals surface area contributed by atoms with E-state index in [1.165, 1.54) is 18.4 Å². The van der Waals surface area contributed by atoms with Crippen LogP contribution in [0.2, 0.25) is 0 Å². The normalized spacial score (nSPS) is 19.1. The van der Waals surface area contributed by atoms with Crippen LogP contribution in [0.15, 0.2) is 71.3 Å². The van der Waals surface area contributed by atoms with Gasteiger partial charge in [-0.05, 0) is 67.6 Å². The number of furan rings is 1. The number of aromatic nitrogens is 1. The van der Waals surface area contributed by atoms with Gasteiger partial charge in [-0.1, -0.05) is 24.6 Å². The van der Waals surface area contributed by atoms with E-state index in [2.05, 4.69) is 35.8 Å². The minimum absolute atomic E-state index is 0.262. The summed E-state index contributed by atoms with van der Waals surface area (Å²) in [6.07, 6.45) is 6.97. The second-order valence-electron chi connectivity index (χ2n) is 10.0. The first kappa shape index (κ1) is 20.7. The maximum atomic E-state index is 15.5. The van der Waals surface area contributed by atoms with Crippen LogP contribution in [0.5, 0.6) is 5.75 Å². The zero-order valence-corrected chi connectivity index (χ0v) is 20.0. The predicted octanol–water partition coefficient (Wildman–Crippen LogP) is 7.61. The number of benzene rings is 3. The molecule has 7 rings (SSSR count). The average molecular weight is 465 g/mol. The molecule has 0 N–H and O–H groups in total. The first-order valence-corrected chi connectivity index (χ1v) is 12.5. The van der Waals surface area contributed by atoms with Crippen LogP contribution in [-0.4, -0.2) is 6.10 Å². The Morgan fingerprint density at radius 2 is 1.69 bits per heavy atom. The van der Waals surface area contributed by atoms with Crippen LogP contribution in [-0.2, 0) is 7.05 Å².